The zero-order valence-corrected chi connectivity index (χ0v) is 23.3. The molecule has 1 aliphatic heterocycles. The predicted octanol–water partition coefficient (Wildman–Crippen LogP) is 8.82. The first-order valence-corrected chi connectivity index (χ1v) is 13.1. The molecule has 1 fully saturated rings. The van der Waals surface area contributed by atoms with Crippen molar-refractivity contribution < 1.29 is 32.4 Å². The summed E-state index contributed by atoms with van der Waals surface area (Å²) in [6, 6.07) is 11.8. The minimum absolute atomic E-state index is 0.00769. The number of ether oxygens (including phenoxy) is 1. The summed E-state index contributed by atoms with van der Waals surface area (Å²) < 4.78 is 45.1. The van der Waals surface area contributed by atoms with Gasteiger partial charge in [-0.25, -0.2) is 0 Å². The van der Waals surface area contributed by atoms with Gasteiger partial charge in [0.1, 0.15) is 0 Å². The van der Waals surface area contributed by atoms with Crippen LogP contribution in [-0.2, 0) is 17.5 Å². The number of halogens is 6. The number of nitrogens with zero attached hydrogens (tertiary/aromatic N) is 2. The summed E-state index contributed by atoms with van der Waals surface area (Å²) in [7, 11) is 0. The van der Waals surface area contributed by atoms with Gasteiger partial charge in [-0.2, -0.15) is 13.2 Å². The Balaban J connectivity index is 1.59. The number of carbonyl (C=O) groups is 2. The molecule has 0 saturated carbocycles. The van der Waals surface area contributed by atoms with Crippen molar-refractivity contribution in [1.29, 1.82) is 0 Å². The smallest absolute Gasteiger partial charge is 0.416 e. The molecule has 14 heteroatoms. The van der Waals surface area contributed by atoms with Gasteiger partial charge in [0, 0.05) is 11.1 Å². The van der Waals surface area contributed by atoms with Crippen molar-refractivity contribution in [3.8, 4) is 11.5 Å². The Labute approximate surface area is 239 Å². The topological polar surface area (TPSA) is 89.7 Å². The second kappa shape index (κ2) is 11.1. The van der Waals surface area contributed by atoms with Crippen LogP contribution in [0.5, 0.6) is 11.5 Å². The lowest BCUT2D eigenvalue weighted by molar-refractivity contribution is -0.385. The van der Waals surface area contributed by atoms with E-state index in [0.29, 0.717) is 28.3 Å². The van der Waals surface area contributed by atoms with E-state index in [4.69, 9.17) is 16.3 Å². The number of alkyl halides is 3. The Morgan fingerprint density at radius 1 is 1.08 bits per heavy atom. The molecule has 0 radical (unpaired) electrons. The quantitative estimate of drug-likeness (QED) is 0.146. The summed E-state index contributed by atoms with van der Waals surface area (Å²) in [5, 5.41) is 11.3. The number of amides is 2. The number of nitro benzene ring substituents is 1. The molecule has 196 valence electrons. The molecule has 0 N–H and O–H groups in total. The first kappa shape index (κ1) is 28.1. The summed E-state index contributed by atoms with van der Waals surface area (Å²) in [5.41, 5.74) is -0.966. The zero-order chi connectivity index (χ0) is 27.8. The van der Waals surface area contributed by atoms with Crippen LogP contribution in [0.25, 0.3) is 6.08 Å². The lowest BCUT2D eigenvalue weighted by Crippen LogP contribution is -2.27. The number of imide groups is 1. The van der Waals surface area contributed by atoms with Gasteiger partial charge < -0.3 is 4.74 Å². The molecule has 2 amide bonds. The van der Waals surface area contributed by atoms with Crippen LogP contribution in [-0.4, -0.2) is 21.0 Å². The average molecular weight is 693 g/mol. The van der Waals surface area contributed by atoms with Crippen LogP contribution in [0, 0.1) is 10.1 Å². The highest BCUT2D eigenvalue weighted by Crippen LogP contribution is 2.43. The van der Waals surface area contributed by atoms with Gasteiger partial charge in [0.25, 0.3) is 11.1 Å². The van der Waals surface area contributed by atoms with E-state index >= 15 is 0 Å². The third kappa shape index (κ3) is 6.06. The van der Waals surface area contributed by atoms with Crippen molar-refractivity contribution in [2.75, 3.05) is 0 Å². The van der Waals surface area contributed by atoms with E-state index in [9.17, 15) is 32.9 Å². The van der Waals surface area contributed by atoms with Gasteiger partial charge in [0.15, 0.2) is 5.75 Å². The van der Waals surface area contributed by atoms with E-state index < -0.39 is 39.2 Å². The van der Waals surface area contributed by atoms with Gasteiger partial charge >= 0.3 is 11.9 Å². The normalized spacial score (nSPS) is 14.9. The van der Waals surface area contributed by atoms with Crippen molar-refractivity contribution in [1.82, 2.24) is 4.90 Å². The minimum Gasteiger partial charge on any atom is -0.448 e. The van der Waals surface area contributed by atoms with Crippen molar-refractivity contribution in [3.63, 3.8) is 0 Å². The fraction of sp³-hybridized carbons (Fsp3) is 0.0833. The molecule has 7 nitrogen and oxygen atoms in total. The number of thioether (sulfide) groups is 1. The van der Waals surface area contributed by atoms with Crippen LogP contribution in [0.15, 0.2) is 68.4 Å². The van der Waals surface area contributed by atoms with Gasteiger partial charge in [-0.3, -0.25) is 24.6 Å². The van der Waals surface area contributed by atoms with Crippen LogP contribution >= 0.6 is 55.2 Å². The van der Waals surface area contributed by atoms with E-state index in [1.807, 2.05) is 0 Å². The van der Waals surface area contributed by atoms with Crippen molar-refractivity contribution in [2.45, 2.75) is 12.7 Å². The number of rotatable bonds is 6. The maximum absolute atomic E-state index is 13.0. The molecule has 1 aliphatic rings. The van der Waals surface area contributed by atoms with Gasteiger partial charge in [0.05, 0.1) is 30.9 Å². The largest absolute Gasteiger partial charge is 0.448 e. The molecular weight excluding hydrogens is 681 g/mol. The van der Waals surface area contributed by atoms with Crippen LogP contribution in [0.2, 0.25) is 5.02 Å². The zero-order valence-electron chi connectivity index (χ0n) is 18.6. The lowest BCUT2D eigenvalue weighted by Gasteiger charge is -2.13. The lowest BCUT2D eigenvalue weighted by atomic mass is 10.1. The summed E-state index contributed by atoms with van der Waals surface area (Å²) in [4.78, 5) is 37.0. The molecule has 4 rings (SSSR count). The van der Waals surface area contributed by atoms with E-state index in [2.05, 4.69) is 31.9 Å². The standard InChI is InChI=1S/C24H12Br2ClF3N2O5S/c25-15-7-12(9-20-22(33)31(23(34)38-20)11-13-3-1-2-4-17(13)27)8-16(26)21(15)37-19-6-5-14(24(28,29)30)10-18(19)32(35)36/h1-10H,11H2/b20-9-. The maximum atomic E-state index is 13.0. The number of hydrogen-bond acceptors (Lipinski definition) is 6. The number of nitro groups is 1. The number of benzene rings is 3. The maximum Gasteiger partial charge on any atom is 0.416 e. The van der Waals surface area contributed by atoms with Crippen molar-refractivity contribution in [3.05, 3.63) is 100 Å². The Hall–Kier alpha value is -2.87. The first-order chi connectivity index (χ1) is 17.8. The third-order valence-electron chi connectivity index (χ3n) is 5.17. The molecule has 0 atom stereocenters. The Kier molecular flexibility index (Phi) is 8.21. The number of hydrogen-bond donors (Lipinski definition) is 0. The van der Waals surface area contributed by atoms with Crippen LogP contribution in [0.3, 0.4) is 0 Å². The summed E-state index contributed by atoms with van der Waals surface area (Å²) >= 11 is 13.5. The molecule has 38 heavy (non-hydrogen) atoms. The molecule has 0 aliphatic carbocycles. The third-order valence-corrected chi connectivity index (χ3v) is 7.63. The minimum atomic E-state index is -4.76. The summed E-state index contributed by atoms with van der Waals surface area (Å²) in [6.45, 7) is 0.00769. The Bertz CT molecular complexity index is 1490. The molecule has 0 bridgehead atoms. The van der Waals surface area contributed by atoms with Crippen molar-refractivity contribution in [2.24, 2.45) is 0 Å². The summed E-state index contributed by atoms with van der Waals surface area (Å²) in [6.07, 6.45) is -3.28. The van der Waals surface area contributed by atoms with Crippen LogP contribution < -0.4 is 4.74 Å². The second-order valence-corrected chi connectivity index (χ2v) is 10.8. The van der Waals surface area contributed by atoms with Gasteiger partial charge in [-0.05, 0) is 91.2 Å². The monoisotopic (exact) mass is 690 g/mol. The van der Waals surface area contributed by atoms with E-state index in [1.165, 1.54) is 18.2 Å². The van der Waals surface area contributed by atoms with Crippen molar-refractivity contribution >= 4 is 78.1 Å². The highest BCUT2D eigenvalue weighted by Gasteiger charge is 2.36. The van der Waals surface area contributed by atoms with Gasteiger partial charge in [0.2, 0.25) is 5.75 Å². The highest BCUT2D eigenvalue weighted by molar-refractivity contribution is 9.11. The average Bonchev–Trinajstić information content (AvgIpc) is 3.09. The number of carbonyl (C=O) groups excluding carboxylic acids is 2. The van der Waals surface area contributed by atoms with E-state index in [0.717, 1.165) is 22.7 Å². The molecule has 1 heterocycles. The fourth-order valence-corrected chi connectivity index (χ4v) is 5.80. The second-order valence-electron chi connectivity index (χ2n) is 7.71. The highest BCUT2D eigenvalue weighted by atomic mass is 79.9. The molecule has 0 aromatic heterocycles. The van der Waals surface area contributed by atoms with E-state index in [1.54, 1.807) is 24.3 Å². The summed E-state index contributed by atoms with van der Waals surface area (Å²) in [5.74, 6) is -0.859. The van der Waals surface area contributed by atoms with E-state index in [-0.39, 0.29) is 26.1 Å². The Morgan fingerprint density at radius 2 is 1.74 bits per heavy atom. The first-order valence-electron chi connectivity index (χ1n) is 10.4. The predicted molar refractivity (Wildman–Crippen MR) is 143 cm³/mol. The Morgan fingerprint density at radius 3 is 2.34 bits per heavy atom. The van der Waals surface area contributed by atoms with Crippen LogP contribution in [0.1, 0.15) is 16.7 Å². The molecule has 0 unspecified atom stereocenters. The molecule has 3 aromatic rings. The van der Waals surface area contributed by atoms with Gasteiger partial charge in [-0.1, -0.05) is 29.8 Å². The SMILES string of the molecule is O=C1S/C(=C\c2cc(Br)c(Oc3ccc(C(F)(F)F)cc3[N+](=O)[O-])c(Br)c2)C(=O)N1Cc1ccccc1Cl. The van der Waals surface area contributed by atoms with Crippen LogP contribution in [0.4, 0.5) is 23.7 Å². The molecule has 1 saturated heterocycles. The molecular formula is C24H12Br2ClF3N2O5S. The van der Waals surface area contributed by atoms with Gasteiger partial charge in [-0.15, -0.1) is 0 Å². The molecule has 3 aromatic carbocycles. The fourth-order valence-electron chi connectivity index (χ4n) is 3.38. The molecule has 0 spiro atoms.